The fourth-order valence-corrected chi connectivity index (χ4v) is 7.25. The van der Waals surface area contributed by atoms with E-state index in [1.54, 1.807) is 35.2 Å². The predicted octanol–water partition coefficient (Wildman–Crippen LogP) is 6.71. The Morgan fingerprint density at radius 3 is 2.46 bits per heavy atom. The number of aliphatic hydroxyl groups is 1. The number of ether oxygens (including phenoxy) is 1. The molecule has 9 nitrogen and oxygen atoms in total. The number of imidazole rings is 1. The first kappa shape index (κ1) is 30.2. The number of aromatic nitrogens is 2. The number of carbonyl (C=O) groups excluding carboxylic acids is 1. The topological polar surface area (TPSA) is 108 Å². The SMILES string of the molecule is O=C(O)c1ccc2c(c1)nc(-c1ccc(OCc3cc(N4CCCC4=O)ccc3N3CCC(O)CC3)cc1F)n2C1CCCCC1. The number of aliphatic hydroxyl groups excluding tert-OH is 1. The zero-order chi connectivity index (χ0) is 31.8. The van der Waals surface area contributed by atoms with Crippen LogP contribution in [0.25, 0.3) is 22.4 Å². The molecule has 0 unspecified atom stereocenters. The van der Waals surface area contributed by atoms with Gasteiger partial charge < -0.3 is 29.3 Å². The average Bonchev–Trinajstić information content (AvgIpc) is 3.67. The molecule has 3 aromatic carbocycles. The quantitative estimate of drug-likeness (QED) is 0.224. The van der Waals surface area contributed by atoms with Crippen LogP contribution < -0.4 is 14.5 Å². The third-order valence-corrected chi connectivity index (χ3v) is 9.71. The molecule has 1 amide bonds. The number of nitrogens with zero attached hydrogens (tertiary/aromatic N) is 4. The summed E-state index contributed by atoms with van der Waals surface area (Å²) in [5, 5.41) is 19.6. The normalized spacial score (nSPS) is 18.1. The summed E-state index contributed by atoms with van der Waals surface area (Å²) in [7, 11) is 0. The second kappa shape index (κ2) is 12.7. The Labute approximate surface area is 267 Å². The zero-order valence-corrected chi connectivity index (χ0v) is 25.8. The van der Waals surface area contributed by atoms with Crippen molar-refractivity contribution in [2.45, 2.75) is 76.5 Å². The summed E-state index contributed by atoms with van der Waals surface area (Å²) >= 11 is 0. The number of fused-ring (bicyclic) bond motifs is 1. The molecule has 1 saturated carbocycles. The van der Waals surface area contributed by atoms with Crippen LogP contribution in [0.5, 0.6) is 5.75 Å². The first-order valence-electron chi connectivity index (χ1n) is 16.4. The minimum atomic E-state index is -1.03. The van der Waals surface area contributed by atoms with Gasteiger partial charge in [0.15, 0.2) is 0 Å². The number of hydrogen-bond acceptors (Lipinski definition) is 6. The lowest BCUT2D eigenvalue weighted by Crippen LogP contribution is -2.36. The van der Waals surface area contributed by atoms with Gasteiger partial charge in [0.05, 0.1) is 28.3 Å². The largest absolute Gasteiger partial charge is 0.489 e. The molecule has 0 atom stereocenters. The molecule has 240 valence electrons. The van der Waals surface area contributed by atoms with Crippen molar-refractivity contribution < 1.29 is 28.9 Å². The van der Waals surface area contributed by atoms with Gasteiger partial charge in [-0.1, -0.05) is 19.3 Å². The summed E-state index contributed by atoms with van der Waals surface area (Å²) in [6.07, 6.45) is 7.69. The van der Waals surface area contributed by atoms with Crippen LogP contribution in [0.2, 0.25) is 0 Å². The predicted molar refractivity (Wildman–Crippen MR) is 174 cm³/mol. The van der Waals surface area contributed by atoms with Crippen LogP contribution in [0.4, 0.5) is 15.8 Å². The molecule has 0 spiro atoms. The second-order valence-electron chi connectivity index (χ2n) is 12.7. The molecule has 2 N–H and O–H groups in total. The van der Waals surface area contributed by atoms with Crippen molar-refractivity contribution in [2.24, 2.45) is 0 Å². The van der Waals surface area contributed by atoms with Gasteiger partial charge in [0.2, 0.25) is 5.91 Å². The molecular weight excluding hydrogens is 587 g/mol. The highest BCUT2D eigenvalue weighted by Gasteiger charge is 2.26. The number of hydrogen-bond donors (Lipinski definition) is 2. The smallest absolute Gasteiger partial charge is 0.335 e. The number of aromatic carboxylic acids is 1. The van der Waals surface area contributed by atoms with Gasteiger partial charge in [-0.3, -0.25) is 4.79 Å². The van der Waals surface area contributed by atoms with Crippen LogP contribution >= 0.6 is 0 Å². The lowest BCUT2D eigenvalue weighted by molar-refractivity contribution is -0.117. The Bertz CT molecular complexity index is 1770. The zero-order valence-electron chi connectivity index (χ0n) is 25.8. The first-order chi connectivity index (χ1) is 22.4. The molecule has 1 aliphatic carbocycles. The Morgan fingerprint density at radius 2 is 1.74 bits per heavy atom. The maximum atomic E-state index is 16.0. The number of piperidine rings is 1. The van der Waals surface area contributed by atoms with E-state index in [9.17, 15) is 19.8 Å². The standard InChI is InChI=1S/C36H39FN4O5/c37-30-21-28(46-22-24-19-26(40-16-4-7-34(40)43)9-13-32(24)39-17-14-27(42)15-18-39)10-11-29(30)35-38-31-20-23(36(44)45)8-12-33(31)41(35)25-5-2-1-3-6-25/h8-13,19-21,25,27,42H,1-7,14-18,22H2,(H,44,45). The second-order valence-corrected chi connectivity index (χ2v) is 12.7. The number of halogens is 1. The molecular formula is C36H39FN4O5. The van der Waals surface area contributed by atoms with E-state index < -0.39 is 11.8 Å². The van der Waals surface area contributed by atoms with Gasteiger partial charge in [-0.05, 0) is 80.6 Å². The van der Waals surface area contributed by atoms with Crippen molar-refractivity contribution in [1.29, 1.82) is 0 Å². The van der Waals surface area contributed by atoms with Gasteiger partial charge in [-0.25, -0.2) is 14.2 Å². The first-order valence-corrected chi connectivity index (χ1v) is 16.4. The third kappa shape index (κ3) is 5.93. The van der Waals surface area contributed by atoms with Gasteiger partial charge in [0.25, 0.3) is 0 Å². The van der Waals surface area contributed by atoms with E-state index in [1.165, 1.54) is 12.5 Å². The van der Waals surface area contributed by atoms with E-state index in [2.05, 4.69) is 9.47 Å². The number of benzene rings is 3. The number of amides is 1. The number of carbonyl (C=O) groups is 2. The number of carboxylic acids is 1. The molecule has 1 aromatic heterocycles. The van der Waals surface area contributed by atoms with Gasteiger partial charge >= 0.3 is 5.97 Å². The van der Waals surface area contributed by atoms with Gasteiger partial charge in [0, 0.05) is 55.1 Å². The van der Waals surface area contributed by atoms with Crippen LogP contribution in [0.3, 0.4) is 0 Å². The van der Waals surface area contributed by atoms with Gasteiger partial charge in [-0.15, -0.1) is 0 Å². The van der Waals surface area contributed by atoms with Crippen LogP contribution in [0, 0.1) is 5.82 Å². The Balaban J connectivity index is 1.18. The lowest BCUT2D eigenvalue weighted by atomic mass is 9.94. The molecule has 46 heavy (non-hydrogen) atoms. The number of carboxylic acid groups (broad SMARTS) is 1. The molecule has 0 bridgehead atoms. The van der Waals surface area contributed by atoms with Gasteiger partial charge in [0.1, 0.15) is 24.0 Å². The minimum absolute atomic E-state index is 0.108. The van der Waals surface area contributed by atoms with Crippen molar-refractivity contribution in [3.63, 3.8) is 0 Å². The van der Waals surface area contributed by atoms with Crippen molar-refractivity contribution >= 4 is 34.3 Å². The maximum absolute atomic E-state index is 16.0. The molecule has 7 rings (SSSR count). The van der Waals surface area contributed by atoms with E-state index in [-0.39, 0.29) is 30.2 Å². The maximum Gasteiger partial charge on any atom is 0.335 e. The Morgan fingerprint density at radius 1 is 0.935 bits per heavy atom. The van der Waals surface area contributed by atoms with Crippen molar-refractivity contribution in [1.82, 2.24) is 9.55 Å². The fraction of sp³-hybridized carbons (Fsp3) is 0.417. The molecule has 10 heteroatoms. The van der Waals surface area contributed by atoms with Crippen LogP contribution in [0.15, 0.2) is 54.6 Å². The van der Waals surface area contributed by atoms with Crippen LogP contribution in [0.1, 0.15) is 79.8 Å². The summed E-state index contributed by atoms with van der Waals surface area (Å²) in [4.78, 5) is 32.9. The average molecular weight is 627 g/mol. The molecule has 3 heterocycles. The summed E-state index contributed by atoms with van der Waals surface area (Å²) in [6, 6.07) is 15.9. The Hall–Kier alpha value is -4.44. The highest BCUT2D eigenvalue weighted by Crippen LogP contribution is 2.38. The van der Waals surface area contributed by atoms with E-state index in [0.29, 0.717) is 48.5 Å². The van der Waals surface area contributed by atoms with Crippen LogP contribution in [-0.4, -0.2) is 57.4 Å². The summed E-state index contributed by atoms with van der Waals surface area (Å²) in [6.45, 7) is 2.30. The van der Waals surface area contributed by atoms with Gasteiger partial charge in [-0.2, -0.15) is 0 Å². The van der Waals surface area contributed by atoms with Crippen molar-refractivity contribution in [3.8, 4) is 17.1 Å². The number of anilines is 2. The molecule has 0 radical (unpaired) electrons. The molecule has 3 aliphatic rings. The highest BCUT2D eigenvalue weighted by molar-refractivity contribution is 5.96. The van der Waals surface area contributed by atoms with E-state index in [1.807, 2.05) is 18.2 Å². The van der Waals surface area contributed by atoms with Crippen molar-refractivity contribution in [3.05, 3.63) is 71.5 Å². The fourth-order valence-electron chi connectivity index (χ4n) is 7.25. The molecule has 4 aromatic rings. The lowest BCUT2D eigenvalue weighted by Gasteiger charge is -2.33. The Kier molecular flexibility index (Phi) is 8.38. The van der Waals surface area contributed by atoms with E-state index >= 15 is 4.39 Å². The molecule has 2 aliphatic heterocycles. The van der Waals surface area contributed by atoms with Crippen LogP contribution in [-0.2, 0) is 11.4 Å². The van der Waals surface area contributed by atoms with E-state index in [0.717, 1.165) is 67.6 Å². The number of rotatable bonds is 8. The molecule has 2 saturated heterocycles. The summed E-state index contributed by atoms with van der Waals surface area (Å²) in [5.74, 6) is -0.521. The monoisotopic (exact) mass is 626 g/mol. The third-order valence-electron chi connectivity index (χ3n) is 9.71. The summed E-state index contributed by atoms with van der Waals surface area (Å²) in [5.41, 5.74) is 4.54. The molecule has 3 fully saturated rings. The van der Waals surface area contributed by atoms with E-state index in [4.69, 9.17) is 9.72 Å². The van der Waals surface area contributed by atoms with Crippen molar-refractivity contribution in [2.75, 3.05) is 29.4 Å². The summed E-state index contributed by atoms with van der Waals surface area (Å²) < 4.78 is 24.2. The highest BCUT2D eigenvalue weighted by atomic mass is 19.1. The minimum Gasteiger partial charge on any atom is -0.489 e.